The van der Waals surface area contributed by atoms with Gasteiger partial charge in [0.15, 0.2) is 0 Å². The van der Waals surface area contributed by atoms with E-state index in [-0.39, 0.29) is 12.0 Å². The maximum Gasteiger partial charge on any atom is 0.207 e. The van der Waals surface area contributed by atoms with Crippen LogP contribution in [0.15, 0.2) is 60.7 Å². The molecule has 2 saturated heterocycles. The lowest BCUT2D eigenvalue weighted by atomic mass is 9.83. The SMILES string of the molecule is ClP1O[C@H](C(c2ccccc2)c2ccccc2)[C@@H]2CCCN21. The zero-order chi connectivity index (χ0) is 14.9. The second-order valence-electron chi connectivity index (χ2n) is 5.97. The van der Waals surface area contributed by atoms with Crippen molar-refractivity contribution < 1.29 is 4.52 Å². The maximum absolute atomic E-state index is 6.50. The summed E-state index contributed by atoms with van der Waals surface area (Å²) in [7, 11) is -0.952. The van der Waals surface area contributed by atoms with Gasteiger partial charge in [-0.25, -0.2) is 4.67 Å². The molecule has 2 aliphatic rings. The molecule has 4 rings (SSSR count). The standard InChI is InChI=1S/C18H19ClNOP/c19-22-20-13-7-12-16(20)18(21-22)17(14-8-3-1-4-9-14)15-10-5-2-6-11-15/h1-6,8-11,16-18H,7,12-13H2/t16-,18-,22?/m0/s1. The van der Waals surface area contributed by atoms with E-state index >= 15 is 0 Å². The Kier molecular flexibility index (Phi) is 4.19. The summed E-state index contributed by atoms with van der Waals surface area (Å²) < 4.78 is 8.63. The molecule has 0 bridgehead atoms. The van der Waals surface area contributed by atoms with Crippen LogP contribution in [-0.2, 0) is 4.52 Å². The first kappa shape index (κ1) is 14.7. The van der Waals surface area contributed by atoms with Crippen molar-refractivity contribution in [3.63, 3.8) is 0 Å². The zero-order valence-corrected chi connectivity index (χ0v) is 14.0. The van der Waals surface area contributed by atoms with Crippen LogP contribution >= 0.6 is 18.9 Å². The van der Waals surface area contributed by atoms with Crippen molar-refractivity contribution in [2.45, 2.75) is 30.9 Å². The minimum Gasteiger partial charge on any atom is -0.325 e. The number of rotatable bonds is 3. The van der Waals surface area contributed by atoms with Crippen molar-refractivity contribution in [3.8, 4) is 0 Å². The molecule has 2 aromatic carbocycles. The highest BCUT2D eigenvalue weighted by Gasteiger charge is 2.48. The second kappa shape index (κ2) is 6.29. The van der Waals surface area contributed by atoms with Gasteiger partial charge in [-0.05, 0) is 35.2 Å². The topological polar surface area (TPSA) is 12.5 Å². The van der Waals surface area contributed by atoms with Crippen LogP contribution in [-0.4, -0.2) is 23.4 Å². The lowest BCUT2D eigenvalue weighted by Gasteiger charge is -2.27. The third-order valence-electron chi connectivity index (χ3n) is 4.71. The van der Waals surface area contributed by atoms with Crippen molar-refractivity contribution in [2.75, 3.05) is 6.54 Å². The average molecular weight is 332 g/mol. The Balaban J connectivity index is 1.75. The Hall–Kier alpha value is -0.920. The molecule has 2 heterocycles. The van der Waals surface area contributed by atoms with E-state index in [2.05, 4.69) is 65.3 Å². The summed E-state index contributed by atoms with van der Waals surface area (Å²) in [6.45, 7) is 1.08. The molecule has 0 N–H and O–H groups in total. The first-order chi connectivity index (χ1) is 10.8. The largest absolute Gasteiger partial charge is 0.325 e. The van der Waals surface area contributed by atoms with Gasteiger partial charge in [0, 0.05) is 18.5 Å². The molecule has 2 fully saturated rings. The predicted molar refractivity (Wildman–Crippen MR) is 92.1 cm³/mol. The molecule has 0 radical (unpaired) electrons. The molecule has 0 aliphatic carbocycles. The van der Waals surface area contributed by atoms with Gasteiger partial charge in [-0.15, -0.1) is 0 Å². The molecule has 2 aromatic rings. The van der Waals surface area contributed by atoms with Crippen LogP contribution in [0.2, 0.25) is 0 Å². The molecule has 0 amide bonds. The Bertz CT molecular complexity index is 584. The van der Waals surface area contributed by atoms with Gasteiger partial charge < -0.3 is 4.52 Å². The second-order valence-corrected chi connectivity index (χ2v) is 8.01. The Morgan fingerprint density at radius 2 is 1.59 bits per heavy atom. The molecule has 22 heavy (non-hydrogen) atoms. The summed E-state index contributed by atoms with van der Waals surface area (Å²) >= 11 is 6.50. The van der Waals surface area contributed by atoms with Crippen molar-refractivity contribution in [1.29, 1.82) is 0 Å². The minimum absolute atomic E-state index is 0.149. The van der Waals surface area contributed by atoms with E-state index in [0.29, 0.717) is 6.04 Å². The minimum atomic E-state index is -0.952. The number of fused-ring (bicyclic) bond motifs is 1. The van der Waals surface area contributed by atoms with Crippen LogP contribution < -0.4 is 0 Å². The van der Waals surface area contributed by atoms with Gasteiger partial charge in [-0.3, -0.25) is 0 Å². The van der Waals surface area contributed by atoms with Crippen LogP contribution in [0.25, 0.3) is 0 Å². The fourth-order valence-electron chi connectivity index (χ4n) is 3.71. The third kappa shape index (κ3) is 2.59. The van der Waals surface area contributed by atoms with Gasteiger partial charge in [0.25, 0.3) is 0 Å². The third-order valence-corrected chi connectivity index (χ3v) is 6.85. The van der Waals surface area contributed by atoms with E-state index in [9.17, 15) is 0 Å². The number of nitrogens with zero attached hydrogens (tertiary/aromatic N) is 1. The number of halogens is 1. The zero-order valence-electron chi connectivity index (χ0n) is 12.3. The quantitative estimate of drug-likeness (QED) is 0.721. The molecule has 4 heteroatoms. The number of hydrogen-bond acceptors (Lipinski definition) is 2. The molecule has 0 saturated carbocycles. The molecule has 3 atom stereocenters. The molecule has 0 aromatic heterocycles. The van der Waals surface area contributed by atoms with Crippen molar-refractivity contribution in [3.05, 3.63) is 71.8 Å². The first-order valence-electron chi connectivity index (χ1n) is 7.84. The van der Waals surface area contributed by atoms with E-state index in [4.69, 9.17) is 15.8 Å². The summed E-state index contributed by atoms with van der Waals surface area (Å²) in [5, 5.41) is 0. The van der Waals surface area contributed by atoms with Crippen LogP contribution in [0.3, 0.4) is 0 Å². The molecule has 0 spiro atoms. The summed E-state index contributed by atoms with van der Waals surface area (Å²) in [5.41, 5.74) is 2.63. The molecule has 1 unspecified atom stereocenters. The van der Waals surface area contributed by atoms with Gasteiger partial charge in [0.05, 0.1) is 6.10 Å². The van der Waals surface area contributed by atoms with E-state index in [0.717, 1.165) is 6.54 Å². The lowest BCUT2D eigenvalue weighted by Crippen LogP contribution is -2.33. The Labute approximate surface area is 137 Å². The maximum atomic E-state index is 6.50. The highest BCUT2D eigenvalue weighted by atomic mass is 35.7. The van der Waals surface area contributed by atoms with Gasteiger partial charge in [-0.1, -0.05) is 60.7 Å². The fourth-order valence-corrected chi connectivity index (χ4v) is 5.92. The van der Waals surface area contributed by atoms with E-state index in [1.807, 2.05) is 0 Å². The van der Waals surface area contributed by atoms with Gasteiger partial charge in [0.1, 0.15) is 0 Å². The summed E-state index contributed by atoms with van der Waals surface area (Å²) in [4.78, 5) is 0. The molecule has 2 aliphatic heterocycles. The van der Waals surface area contributed by atoms with Crippen LogP contribution in [0.5, 0.6) is 0 Å². The van der Waals surface area contributed by atoms with E-state index < -0.39 is 7.65 Å². The first-order valence-corrected chi connectivity index (χ1v) is 9.95. The van der Waals surface area contributed by atoms with Crippen molar-refractivity contribution in [1.82, 2.24) is 4.67 Å². The molecule has 2 nitrogen and oxygen atoms in total. The molecule has 114 valence electrons. The summed E-state index contributed by atoms with van der Waals surface area (Å²) in [5.74, 6) is 0.249. The smallest absolute Gasteiger partial charge is 0.207 e. The normalized spacial score (nSPS) is 28.2. The fraction of sp³-hybridized carbons (Fsp3) is 0.333. The highest BCUT2D eigenvalue weighted by molar-refractivity contribution is 7.78. The van der Waals surface area contributed by atoms with Crippen molar-refractivity contribution in [2.24, 2.45) is 0 Å². The van der Waals surface area contributed by atoms with Gasteiger partial charge in [0.2, 0.25) is 7.65 Å². The average Bonchev–Trinajstić information content (AvgIpc) is 3.15. The Morgan fingerprint density at radius 3 is 2.18 bits per heavy atom. The lowest BCUT2D eigenvalue weighted by molar-refractivity contribution is 0.190. The summed E-state index contributed by atoms with van der Waals surface area (Å²) in [6.07, 6.45) is 2.56. The molecular formula is C18H19ClNOP. The van der Waals surface area contributed by atoms with Gasteiger partial charge >= 0.3 is 0 Å². The number of hydrogen-bond donors (Lipinski definition) is 0. The Morgan fingerprint density at radius 1 is 1.00 bits per heavy atom. The summed E-state index contributed by atoms with van der Waals surface area (Å²) in [6, 6.07) is 21.8. The predicted octanol–water partition coefficient (Wildman–Crippen LogP) is 5.15. The van der Waals surface area contributed by atoms with E-state index in [1.165, 1.54) is 24.0 Å². The van der Waals surface area contributed by atoms with Crippen LogP contribution in [0.4, 0.5) is 0 Å². The van der Waals surface area contributed by atoms with Crippen molar-refractivity contribution >= 4 is 18.9 Å². The highest BCUT2D eigenvalue weighted by Crippen LogP contribution is 2.61. The van der Waals surface area contributed by atoms with Crippen LogP contribution in [0.1, 0.15) is 29.9 Å². The van der Waals surface area contributed by atoms with E-state index in [1.54, 1.807) is 0 Å². The van der Waals surface area contributed by atoms with Gasteiger partial charge in [-0.2, -0.15) is 0 Å². The number of benzene rings is 2. The monoisotopic (exact) mass is 331 g/mol. The van der Waals surface area contributed by atoms with Crippen LogP contribution in [0, 0.1) is 0 Å². The molecular weight excluding hydrogens is 313 g/mol.